The molecule has 0 saturated heterocycles. The first-order chi connectivity index (χ1) is 8.50. The van der Waals surface area contributed by atoms with Gasteiger partial charge in [0.2, 0.25) is 0 Å². The van der Waals surface area contributed by atoms with Gasteiger partial charge >= 0.3 is 0 Å². The van der Waals surface area contributed by atoms with Gasteiger partial charge in [-0.15, -0.1) is 0 Å². The second-order valence-corrected chi connectivity index (χ2v) is 6.21. The van der Waals surface area contributed by atoms with Crippen LogP contribution in [0.1, 0.15) is 32.3 Å². The zero-order chi connectivity index (χ0) is 13.0. The van der Waals surface area contributed by atoms with Crippen LogP contribution in [0.2, 0.25) is 0 Å². The van der Waals surface area contributed by atoms with E-state index in [0.29, 0.717) is 6.54 Å². The fourth-order valence-corrected chi connectivity index (χ4v) is 3.27. The maximum absolute atomic E-state index is 13.5. The van der Waals surface area contributed by atoms with E-state index in [9.17, 15) is 4.39 Å². The van der Waals surface area contributed by atoms with Crippen LogP contribution in [0, 0.1) is 11.2 Å². The molecule has 1 atom stereocenters. The summed E-state index contributed by atoms with van der Waals surface area (Å²) in [6.45, 7) is 6.12. The Kier molecular flexibility index (Phi) is 2.46. The van der Waals surface area contributed by atoms with Crippen LogP contribution in [0.25, 0.3) is 0 Å². The Balaban J connectivity index is 2.02. The van der Waals surface area contributed by atoms with Crippen molar-refractivity contribution in [3.63, 3.8) is 0 Å². The monoisotopic (exact) mass is 248 g/mol. The highest BCUT2D eigenvalue weighted by Crippen LogP contribution is 2.57. The molecular weight excluding hydrogens is 227 g/mol. The third-order valence-corrected chi connectivity index (χ3v) is 5.24. The van der Waals surface area contributed by atoms with Crippen molar-refractivity contribution in [3.8, 4) is 0 Å². The molecule has 3 rings (SSSR count). The zero-order valence-electron chi connectivity index (χ0n) is 11.2. The predicted octanol–water partition coefficient (Wildman–Crippen LogP) is 2.71. The van der Waals surface area contributed by atoms with Gasteiger partial charge in [-0.3, -0.25) is 0 Å². The summed E-state index contributed by atoms with van der Waals surface area (Å²) in [6.07, 6.45) is 3.45. The predicted molar refractivity (Wildman–Crippen MR) is 72.3 cm³/mol. The molecule has 0 radical (unpaired) electrons. The molecule has 0 bridgehead atoms. The number of anilines is 1. The van der Waals surface area contributed by atoms with Gasteiger partial charge in [0.05, 0.1) is 5.54 Å². The minimum atomic E-state index is -0.152. The van der Waals surface area contributed by atoms with E-state index in [2.05, 4.69) is 18.7 Å². The van der Waals surface area contributed by atoms with Crippen molar-refractivity contribution in [1.82, 2.24) is 0 Å². The second-order valence-electron chi connectivity index (χ2n) is 6.21. The lowest BCUT2D eigenvalue weighted by Gasteiger charge is -2.45. The number of fused-ring (bicyclic) bond motifs is 1. The van der Waals surface area contributed by atoms with Crippen molar-refractivity contribution in [2.75, 3.05) is 18.0 Å². The Morgan fingerprint density at radius 1 is 1.44 bits per heavy atom. The maximum Gasteiger partial charge on any atom is 0.125 e. The van der Waals surface area contributed by atoms with E-state index in [4.69, 9.17) is 5.73 Å². The lowest BCUT2D eigenvalue weighted by atomic mass is 9.82. The van der Waals surface area contributed by atoms with Crippen molar-refractivity contribution in [3.05, 3.63) is 29.6 Å². The SMILES string of the molecule is CC1(C(C)(CN)N2CCc3ccc(F)cc32)CC1. The summed E-state index contributed by atoms with van der Waals surface area (Å²) in [7, 11) is 0. The van der Waals surface area contributed by atoms with E-state index in [1.54, 1.807) is 12.1 Å². The molecule has 1 unspecified atom stereocenters. The molecule has 2 N–H and O–H groups in total. The molecule has 1 saturated carbocycles. The lowest BCUT2D eigenvalue weighted by Crippen LogP contribution is -2.56. The number of hydrogen-bond donors (Lipinski definition) is 1. The summed E-state index contributed by atoms with van der Waals surface area (Å²) < 4.78 is 13.5. The van der Waals surface area contributed by atoms with Crippen molar-refractivity contribution in [2.45, 2.75) is 38.6 Å². The van der Waals surface area contributed by atoms with Gasteiger partial charge in [-0.25, -0.2) is 4.39 Å². The van der Waals surface area contributed by atoms with Crippen molar-refractivity contribution >= 4 is 5.69 Å². The highest BCUT2D eigenvalue weighted by molar-refractivity contribution is 5.61. The topological polar surface area (TPSA) is 29.3 Å². The molecule has 1 aromatic carbocycles. The summed E-state index contributed by atoms with van der Waals surface area (Å²) in [5, 5.41) is 0. The van der Waals surface area contributed by atoms with Crippen LogP contribution in [0.3, 0.4) is 0 Å². The van der Waals surface area contributed by atoms with Gasteiger partial charge in [0.1, 0.15) is 5.82 Å². The first kappa shape index (κ1) is 12.0. The molecule has 0 amide bonds. The molecule has 0 spiro atoms. The van der Waals surface area contributed by atoms with Crippen LogP contribution in [0.4, 0.5) is 10.1 Å². The molecule has 1 fully saturated rings. The maximum atomic E-state index is 13.5. The highest BCUT2D eigenvalue weighted by Gasteiger charge is 2.56. The fraction of sp³-hybridized carbons (Fsp3) is 0.600. The molecule has 18 heavy (non-hydrogen) atoms. The number of hydrogen-bond acceptors (Lipinski definition) is 2. The standard InChI is InChI=1S/C15H21FN2/c1-14(6-7-14)15(2,10-17)18-8-5-11-3-4-12(16)9-13(11)18/h3-4,9H,5-8,10,17H2,1-2H3. The summed E-state index contributed by atoms with van der Waals surface area (Å²) in [4.78, 5) is 2.35. The average Bonchev–Trinajstić information content (AvgIpc) is 2.98. The third kappa shape index (κ3) is 1.50. The van der Waals surface area contributed by atoms with Gasteiger partial charge in [-0.1, -0.05) is 13.0 Å². The van der Waals surface area contributed by atoms with E-state index >= 15 is 0 Å². The molecule has 1 aliphatic carbocycles. The minimum absolute atomic E-state index is 0.0496. The number of halogens is 1. The van der Waals surface area contributed by atoms with E-state index in [1.165, 1.54) is 18.4 Å². The van der Waals surface area contributed by atoms with Crippen LogP contribution in [0.15, 0.2) is 18.2 Å². The summed E-state index contributed by atoms with van der Waals surface area (Å²) in [5.41, 5.74) is 8.61. The van der Waals surface area contributed by atoms with Gasteiger partial charge in [0, 0.05) is 18.8 Å². The summed E-state index contributed by atoms with van der Waals surface area (Å²) in [6, 6.07) is 5.14. The Morgan fingerprint density at radius 3 is 2.78 bits per heavy atom. The van der Waals surface area contributed by atoms with Crippen molar-refractivity contribution in [1.29, 1.82) is 0 Å². The van der Waals surface area contributed by atoms with Crippen LogP contribution in [-0.2, 0) is 6.42 Å². The molecular formula is C15H21FN2. The van der Waals surface area contributed by atoms with Crippen molar-refractivity contribution in [2.24, 2.45) is 11.1 Å². The first-order valence-electron chi connectivity index (χ1n) is 6.76. The zero-order valence-corrected chi connectivity index (χ0v) is 11.2. The van der Waals surface area contributed by atoms with E-state index in [-0.39, 0.29) is 16.8 Å². The van der Waals surface area contributed by atoms with Crippen LogP contribution < -0.4 is 10.6 Å². The number of rotatable bonds is 3. The van der Waals surface area contributed by atoms with Gasteiger partial charge in [0.25, 0.3) is 0 Å². The minimum Gasteiger partial charge on any atom is -0.364 e. The molecule has 0 aromatic heterocycles. The normalized spacial score (nSPS) is 23.7. The van der Waals surface area contributed by atoms with Gasteiger partial charge in [-0.05, 0) is 49.3 Å². The third-order valence-electron chi connectivity index (χ3n) is 5.24. The number of nitrogens with two attached hydrogens (primary N) is 1. The fourth-order valence-electron chi connectivity index (χ4n) is 3.27. The molecule has 1 heterocycles. The van der Waals surface area contributed by atoms with Gasteiger partial charge < -0.3 is 10.6 Å². The largest absolute Gasteiger partial charge is 0.364 e. The first-order valence-corrected chi connectivity index (χ1v) is 6.76. The molecule has 3 heteroatoms. The number of benzene rings is 1. The summed E-state index contributed by atoms with van der Waals surface area (Å²) >= 11 is 0. The quantitative estimate of drug-likeness (QED) is 0.891. The van der Waals surface area contributed by atoms with Crippen LogP contribution in [0.5, 0.6) is 0 Å². The van der Waals surface area contributed by atoms with Gasteiger partial charge in [-0.2, -0.15) is 0 Å². The Bertz CT molecular complexity index is 481. The Morgan fingerprint density at radius 2 is 2.17 bits per heavy atom. The average molecular weight is 248 g/mol. The van der Waals surface area contributed by atoms with Crippen LogP contribution in [-0.4, -0.2) is 18.6 Å². The Labute approximate surface area is 108 Å². The summed E-state index contributed by atoms with van der Waals surface area (Å²) in [5.74, 6) is -0.152. The lowest BCUT2D eigenvalue weighted by molar-refractivity contribution is 0.282. The molecule has 98 valence electrons. The number of nitrogens with zero attached hydrogens (tertiary/aromatic N) is 1. The highest BCUT2D eigenvalue weighted by atomic mass is 19.1. The van der Waals surface area contributed by atoms with Crippen molar-refractivity contribution < 1.29 is 4.39 Å². The Hall–Kier alpha value is -1.09. The smallest absolute Gasteiger partial charge is 0.125 e. The van der Waals surface area contributed by atoms with Gasteiger partial charge in [0.15, 0.2) is 0 Å². The van der Waals surface area contributed by atoms with E-state index < -0.39 is 0 Å². The molecule has 2 aliphatic rings. The van der Waals surface area contributed by atoms with E-state index in [0.717, 1.165) is 18.7 Å². The van der Waals surface area contributed by atoms with Crippen LogP contribution >= 0.6 is 0 Å². The molecule has 1 aliphatic heterocycles. The van der Waals surface area contributed by atoms with E-state index in [1.807, 2.05) is 6.07 Å². The second kappa shape index (κ2) is 3.70. The molecule has 2 nitrogen and oxygen atoms in total. The molecule has 1 aromatic rings.